The molecule has 7 nitrogen and oxygen atoms in total. The number of anilines is 1. The van der Waals surface area contributed by atoms with Crippen LogP contribution in [0.3, 0.4) is 0 Å². The van der Waals surface area contributed by atoms with Crippen LogP contribution in [-0.4, -0.2) is 46.6 Å². The van der Waals surface area contributed by atoms with Crippen LogP contribution >= 0.6 is 0 Å². The normalized spacial score (nSPS) is 19.3. The third-order valence-corrected chi connectivity index (χ3v) is 3.73. The van der Waals surface area contributed by atoms with E-state index in [9.17, 15) is 22.8 Å². The van der Waals surface area contributed by atoms with Gasteiger partial charge in [-0.15, -0.1) is 0 Å². The summed E-state index contributed by atoms with van der Waals surface area (Å²) in [5, 5.41) is 13.8. The summed E-state index contributed by atoms with van der Waals surface area (Å²) >= 11 is 0. The number of nitrogens with zero attached hydrogens (tertiary/aromatic N) is 2. The molecule has 0 aromatic carbocycles. The average molecular weight is 335 g/mol. The Bertz CT molecular complexity index is 632. The molecule has 1 fully saturated rings. The molecule has 1 aliphatic rings. The fraction of sp³-hybridized carbons (Fsp3) is 0.615. The Kier molecular flexibility index (Phi) is 4.93. The predicted molar refractivity (Wildman–Crippen MR) is 73.3 cm³/mol. The number of ether oxygens (including phenoxy) is 1. The van der Waals surface area contributed by atoms with Gasteiger partial charge in [0, 0.05) is 6.54 Å². The number of nitrogens with one attached hydrogen (secondary N) is 1. The highest BCUT2D eigenvalue weighted by molar-refractivity contribution is 5.66. The number of H-pyrrole nitrogens is 1. The van der Waals surface area contributed by atoms with Gasteiger partial charge in [0.2, 0.25) is 0 Å². The number of aromatic nitrogens is 2. The average Bonchev–Trinajstić information content (AvgIpc) is 2.35. The predicted octanol–water partition coefficient (Wildman–Crippen LogP) is 1.25. The molecule has 1 saturated heterocycles. The number of rotatable bonds is 6. The van der Waals surface area contributed by atoms with Crippen molar-refractivity contribution in [2.45, 2.75) is 38.1 Å². The molecular formula is C13H16F3N3O4. The molecule has 128 valence electrons. The number of carboxylic acids is 1. The second-order valence-corrected chi connectivity index (χ2v) is 5.23. The van der Waals surface area contributed by atoms with Crippen LogP contribution in [0.15, 0.2) is 11.0 Å². The van der Waals surface area contributed by atoms with Crippen molar-refractivity contribution in [2.24, 2.45) is 0 Å². The second kappa shape index (κ2) is 6.57. The minimum atomic E-state index is -4.79. The molecule has 10 heteroatoms. The summed E-state index contributed by atoms with van der Waals surface area (Å²) in [6.07, 6.45) is -3.89. The van der Waals surface area contributed by atoms with Crippen LogP contribution in [0.25, 0.3) is 0 Å². The smallest absolute Gasteiger partial charge is 0.423 e. The molecule has 2 N–H and O–H groups in total. The maximum absolute atomic E-state index is 13.1. The maximum atomic E-state index is 13.1. The van der Waals surface area contributed by atoms with Crippen molar-refractivity contribution in [3.05, 3.63) is 22.1 Å². The summed E-state index contributed by atoms with van der Waals surface area (Å²) in [7, 11) is 0. The lowest BCUT2D eigenvalue weighted by molar-refractivity contribution is -0.140. The Balaban J connectivity index is 2.15. The quantitative estimate of drug-likeness (QED) is 0.812. The SMILES string of the molecule is CC(OCCC(=O)O)[C@H]1CCN1c1cn[nH]c(=O)c1C(F)(F)F. The Hall–Kier alpha value is -2.10. The summed E-state index contributed by atoms with van der Waals surface area (Å²) in [5.74, 6) is -1.01. The number of hydrogen-bond donors (Lipinski definition) is 2. The van der Waals surface area contributed by atoms with E-state index < -0.39 is 29.4 Å². The molecule has 2 heterocycles. The van der Waals surface area contributed by atoms with Crippen LogP contribution < -0.4 is 10.5 Å². The first-order chi connectivity index (χ1) is 10.7. The third-order valence-electron chi connectivity index (χ3n) is 3.73. The fourth-order valence-corrected chi connectivity index (χ4v) is 2.52. The van der Waals surface area contributed by atoms with E-state index in [1.807, 2.05) is 0 Å². The summed E-state index contributed by atoms with van der Waals surface area (Å²) < 4.78 is 44.6. The van der Waals surface area contributed by atoms with Gasteiger partial charge < -0.3 is 14.7 Å². The monoisotopic (exact) mass is 335 g/mol. The molecular weight excluding hydrogens is 319 g/mol. The molecule has 0 aliphatic carbocycles. The van der Waals surface area contributed by atoms with E-state index in [4.69, 9.17) is 9.84 Å². The van der Waals surface area contributed by atoms with Gasteiger partial charge in [-0.1, -0.05) is 0 Å². The van der Waals surface area contributed by atoms with Gasteiger partial charge in [0.25, 0.3) is 5.56 Å². The van der Waals surface area contributed by atoms with Crippen molar-refractivity contribution in [1.29, 1.82) is 0 Å². The Morgan fingerprint density at radius 2 is 2.30 bits per heavy atom. The van der Waals surface area contributed by atoms with Crippen molar-refractivity contribution in [1.82, 2.24) is 10.2 Å². The van der Waals surface area contributed by atoms with Gasteiger partial charge >= 0.3 is 12.1 Å². The molecule has 1 aliphatic heterocycles. The van der Waals surface area contributed by atoms with Crippen molar-refractivity contribution in [2.75, 3.05) is 18.1 Å². The van der Waals surface area contributed by atoms with Crippen LogP contribution in [0.4, 0.5) is 18.9 Å². The number of alkyl halides is 3. The third kappa shape index (κ3) is 3.81. The minimum Gasteiger partial charge on any atom is -0.481 e. The first-order valence-corrected chi connectivity index (χ1v) is 6.96. The van der Waals surface area contributed by atoms with E-state index in [1.165, 1.54) is 4.90 Å². The zero-order valence-electron chi connectivity index (χ0n) is 12.3. The van der Waals surface area contributed by atoms with Crippen LogP contribution in [0.1, 0.15) is 25.3 Å². The molecule has 0 spiro atoms. The number of halogens is 3. The molecule has 1 aromatic rings. The first kappa shape index (κ1) is 17.3. The van der Waals surface area contributed by atoms with Crippen molar-refractivity contribution >= 4 is 11.7 Å². The molecule has 2 atom stereocenters. The highest BCUT2D eigenvalue weighted by Crippen LogP contribution is 2.37. The standard InChI is InChI=1S/C13H16F3N3O4/c1-7(23-5-3-10(20)21)8-2-4-19(8)9-6-17-18-12(22)11(9)13(14,15)16/h6-8H,2-5H2,1H3,(H,18,22)(H,20,21)/t7?,8-/m1/s1. The second-order valence-electron chi connectivity index (χ2n) is 5.23. The summed E-state index contributed by atoms with van der Waals surface area (Å²) in [6.45, 7) is 1.97. The molecule has 1 aromatic heterocycles. The van der Waals surface area contributed by atoms with Gasteiger partial charge in [0.1, 0.15) is 5.56 Å². The zero-order chi connectivity index (χ0) is 17.2. The molecule has 0 radical (unpaired) electrons. The highest BCUT2D eigenvalue weighted by Gasteiger charge is 2.43. The number of carboxylic acid groups (broad SMARTS) is 1. The zero-order valence-corrected chi connectivity index (χ0v) is 12.3. The Labute approximate surface area is 129 Å². The van der Waals surface area contributed by atoms with E-state index in [1.54, 1.807) is 12.0 Å². The van der Waals surface area contributed by atoms with E-state index >= 15 is 0 Å². The minimum absolute atomic E-state index is 0.0272. The molecule has 0 saturated carbocycles. The fourth-order valence-electron chi connectivity index (χ4n) is 2.52. The van der Waals surface area contributed by atoms with E-state index in [-0.39, 0.29) is 24.8 Å². The van der Waals surface area contributed by atoms with Gasteiger partial charge in [0.05, 0.1) is 37.1 Å². The van der Waals surface area contributed by atoms with E-state index in [0.717, 1.165) is 6.20 Å². The van der Waals surface area contributed by atoms with Gasteiger partial charge in [0.15, 0.2) is 0 Å². The van der Waals surface area contributed by atoms with Gasteiger partial charge in [-0.25, -0.2) is 5.10 Å². The summed E-state index contributed by atoms with van der Waals surface area (Å²) in [6, 6.07) is -0.367. The number of carbonyl (C=O) groups is 1. The number of aromatic amines is 1. The lowest BCUT2D eigenvalue weighted by Gasteiger charge is -2.46. The molecule has 23 heavy (non-hydrogen) atoms. The lowest BCUT2D eigenvalue weighted by atomic mass is 9.96. The van der Waals surface area contributed by atoms with Crippen molar-refractivity contribution in [3.63, 3.8) is 0 Å². The first-order valence-electron chi connectivity index (χ1n) is 6.96. The van der Waals surface area contributed by atoms with Gasteiger partial charge in [-0.05, 0) is 13.3 Å². The van der Waals surface area contributed by atoms with Crippen molar-refractivity contribution < 1.29 is 27.8 Å². The summed E-state index contributed by atoms with van der Waals surface area (Å²) in [4.78, 5) is 23.4. The number of aliphatic carboxylic acids is 1. The largest absolute Gasteiger partial charge is 0.481 e. The highest BCUT2D eigenvalue weighted by atomic mass is 19.4. The summed E-state index contributed by atoms with van der Waals surface area (Å²) in [5.41, 5.74) is -2.86. The molecule has 2 rings (SSSR count). The van der Waals surface area contributed by atoms with E-state index in [0.29, 0.717) is 13.0 Å². The van der Waals surface area contributed by atoms with Crippen LogP contribution in [0.2, 0.25) is 0 Å². The molecule has 1 unspecified atom stereocenters. The number of hydrogen-bond acceptors (Lipinski definition) is 5. The molecule has 0 bridgehead atoms. The van der Waals surface area contributed by atoms with Crippen LogP contribution in [-0.2, 0) is 15.7 Å². The molecule has 0 amide bonds. The van der Waals surface area contributed by atoms with Crippen molar-refractivity contribution in [3.8, 4) is 0 Å². The van der Waals surface area contributed by atoms with Gasteiger partial charge in [-0.3, -0.25) is 9.59 Å². The lowest BCUT2D eigenvalue weighted by Crippen LogP contribution is -2.55. The maximum Gasteiger partial charge on any atom is 0.423 e. The van der Waals surface area contributed by atoms with Gasteiger partial charge in [-0.2, -0.15) is 18.3 Å². The Morgan fingerprint density at radius 1 is 1.61 bits per heavy atom. The topological polar surface area (TPSA) is 95.5 Å². The Morgan fingerprint density at radius 3 is 2.83 bits per heavy atom. The van der Waals surface area contributed by atoms with Crippen LogP contribution in [0.5, 0.6) is 0 Å². The van der Waals surface area contributed by atoms with E-state index in [2.05, 4.69) is 5.10 Å². The van der Waals surface area contributed by atoms with Crippen LogP contribution in [0, 0.1) is 0 Å².